The molecule has 0 spiro atoms. The fourth-order valence-corrected chi connectivity index (χ4v) is 1.31. The summed E-state index contributed by atoms with van der Waals surface area (Å²) in [5.74, 6) is 0. The molecule has 0 radical (unpaired) electrons. The number of fused-ring (bicyclic) bond motifs is 1. The van der Waals surface area contributed by atoms with Crippen LogP contribution in [0, 0.1) is 0 Å². The number of para-hydroxylation sites is 1. The Kier molecular flexibility index (Phi) is 2.14. The van der Waals surface area contributed by atoms with Crippen LogP contribution in [0.1, 0.15) is 5.56 Å². The second-order valence-electron chi connectivity index (χ2n) is 2.91. The lowest BCUT2D eigenvalue weighted by Crippen LogP contribution is -2.05. The van der Waals surface area contributed by atoms with Crippen LogP contribution in [-0.2, 0) is 0 Å². The summed E-state index contributed by atoms with van der Waals surface area (Å²) < 4.78 is 5.10. The summed E-state index contributed by atoms with van der Waals surface area (Å²) in [7, 11) is 1.62. The number of nitrogens with zero attached hydrogens (tertiary/aromatic N) is 1. The maximum Gasteiger partial charge on any atom is 0.345 e. The van der Waals surface area contributed by atoms with Crippen molar-refractivity contribution in [1.29, 1.82) is 0 Å². The lowest BCUT2D eigenvalue weighted by molar-refractivity contribution is 0.560. The molecule has 1 heterocycles. The Labute approximate surface area is 80.7 Å². The Morgan fingerprint density at radius 3 is 2.93 bits per heavy atom. The monoisotopic (exact) mass is 187 g/mol. The van der Waals surface area contributed by atoms with Gasteiger partial charge in [-0.1, -0.05) is 18.2 Å². The highest BCUT2D eigenvalue weighted by atomic mass is 16.4. The van der Waals surface area contributed by atoms with Gasteiger partial charge >= 0.3 is 5.63 Å². The molecular weight excluding hydrogens is 178 g/mol. The van der Waals surface area contributed by atoms with Gasteiger partial charge in [-0.05, 0) is 12.1 Å². The van der Waals surface area contributed by atoms with Gasteiger partial charge in [-0.3, -0.25) is 4.99 Å². The van der Waals surface area contributed by atoms with Crippen molar-refractivity contribution in [2.45, 2.75) is 0 Å². The predicted molar refractivity (Wildman–Crippen MR) is 56.0 cm³/mol. The van der Waals surface area contributed by atoms with E-state index in [9.17, 15) is 4.79 Å². The molecule has 3 nitrogen and oxygen atoms in total. The van der Waals surface area contributed by atoms with Crippen LogP contribution < -0.4 is 5.63 Å². The van der Waals surface area contributed by atoms with Gasteiger partial charge in [0, 0.05) is 18.6 Å². The Bertz CT molecular complexity index is 540. The quantitative estimate of drug-likeness (QED) is 0.505. The van der Waals surface area contributed by atoms with Gasteiger partial charge in [0.2, 0.25) is 0 Å². The highest BCUT2D eigenvalue weighted by Gasteiger charge is 2.01. The summed E-state index contributed by atoms with van der Waals surface area (Å²) >= 11 is 0. The molecule has 1 aromatic carbocycles. The SMILES string of the molecule is C/N=C\c1cc2ccccc2oc1=O. The van der Waals surface area contributed by atoms with E-state index in [4.69, 9.17) is 4.42 Å². The Balaban J connectivity index is 2.77. The number of aliphatic imine (C=N–C) groups is 1. The largest absolute Gasteiger partial charge is 0.422 e. The molecule has 0 saturated carbocycles. The summed E-state index contributed by atoms with van der Waals surface area (Å²) in [4.78, 5) is 15.2. The molecule has 0 aliphatic heterocycles. The molecule has 0 aliphatic carbocycles. The maximum atomic E-state index is 11.4. The van der Waals surface area contributed by atoms with E-state index in [1.807, 2.05) is 18.2 Å². The van der Waals surface area contributed by atoms with Crippen LogP contribution in [0.2, 0.25) is 0 Å². The number of benzene rings is 1. The summed E-state index contributed by atoms with van der Waals surface area (Å²) in [5, 5.41) is 0.905. The summed E-state index contributed by atoms with van der Waals surface area (Å²) in [6, 6.07) is 9.16. The van der Waals surface area contributed by atoms with E-state index in [-0.39, 0.29) is 5.63 Å². The topological polar surface area (TPSA) is 42.6 Å². The van der Waals surface area contributed by atoms with Gasteiger partial charge in [-0.15, -0.1) is 0 Å². The molecule has 2 rings (SSSR count). The minimum absolute atomic E-state index is 0.352. The minimum atomic E-state index is -0.352. The third kappa shape index (κ3) is 1.44. The van der Waals surface area contributed by atoms with Gasteiger partial charge < -0.3 is 4.42 Å². The molecule has 70 valence electrons. The summed E-state index contributed by atoms with van der Waals surface area (Å²) in [5.41, 5.74) is 0.728. The minimum Gasteiger partial charge on any atom is -0.422 e. The molecule has 3 heteroatoms. The van der Waals surface area contributed by atoms with Crippen LogP contribution in [0.4, 0.5) is 0 Å². The lowest BCUT2D eigenvalue weighted by atomic mass is 10.2. The summed E-state index contributed by atoms with van der Waals surface area (Å²) in [6.07, 6.45) is 1.50. The van der Waals surface area contributed by atoms with Gasteiger partial charge in [0.25, 0.3) is 0 Å². The highest BCUT2D eigenvalue weighted by Crippen LogP contribution is 2.11. The molecule has 2 aromatic rings. The van der Waals surface area contributed by atoms with Crippen LogP contribution in [0.15, 0.2) is 44.5 Å². The zero-order valence-electron chi connectivity index (χ0n) is 7.73. The molecule has 0 fully saturated rings. The molecule has 0 N–H and O–H groups in total. The Morgan fingerprint density at radius 1 is 1.36 bits per heavy atom. The molecule has 0 saturated heterocycles. The zero-order valence-corrected chi connectivity index (χ0v) is 7.73. The first-order valence-corrected chi connectivity index (χ1v) is 4.26. The molecule has 0 amide bonds. The van der Waals surface area contributed by atoms with Gasteiger partial charge in [-0.25, -0.2) is 4.79 Å². The maximum absolute atomic E-state index is 11.4. The van der Waals surface area contributed by atoms with Crippen molar-refractivity contribution in [1.82, 2.24) is 0 Å². The van der Waals surface area contributed by atoms with Crippen LogP contribution in [-0.4, -0.2) is 13.3 Å². The van der Waals surface area contributed by atoms with Gasteiger partial charge in [0.15, 0.2) is 0 Å². The smallest absolute Gasteiger partial charge is 0.345 e. The normalized spacial score (nSPS) is 11.2. The van der Waals surface area contributed by atoms with Crippen LogP contribution >= 0.6 is 0 Å². The van der Waals surface area contributed by atoms with Crippen molar-refractivity contribution in [3.05, 3.63) is 46.3 Å². The third-order valence-corrected chi connectivity index (χ3v) is 1.94. The first-order chi connectivity index (χ1) is 6.81. The first-order valence-electron chi connectivity index (χ1n) is 4.26. The Morgan fingerprint density at radius 2 is 2.14 bits per heavy atom. The van der Waals surface area contributed by atoms with E-state index in [2.05, 4.69) is 4.99 Å². The van der Waals surface area contributed by atoms with E-state index >= 15 is 0 Å². The molecule has 0 atom stereocenters. The van der Waals surface area contributed by atoms with Crippen molar-refractivity contribution < 1.29 is 4.42 Å². The fourth-order valence-electron chi connectivity index (χ4n) is 1.31. The van der Waals surface area contributed by atoms with Crippen LogP contribution in [0.25, 0.3) is 11.0 Å². The number of hydrogen-bond donors (Lipinski definition) is 0. The van der Waals surface area contributed by atoms with Gasteiger partial charge in [-0.2, -0.15) is 0 Å². The molecular formula is C11H9NO2. The van der Waals surface area contributed by atoms with E-state index in [0.717, 1.165) is 5.39 Å². The van der Waals surface area contributed by atoms with Crippen molar-refractivity contribution in [2.24, 2.45) is 4.99 Å². The summed E-state index contributed by atoms with van der Waals surface area (Å²) in [6.45, 7) is 0. The van der Waals surface area contributed by atoms with Crippen LogP contribution in [0.3, 0.4) is 0 Å². The third-order valence-electron chi connectivity index (χ3n) is 1.94. The predicted octanol–water partition coefficient (Wildman–Crippen LogP) is 1.84. The lowest BCUT2D eigenvalue weighted by Gasteiger charge is -1.96. The van der Waals surface area contributed by atoms with E-state index in [0.29, 0.717) is 11.1 Å². The second-order valence-corrected chi connectivity index (χ2v) is 2.91. The van der Waals surface area contributed by atoms with Gasteiger partial charge in [0.05, 0.1) is 5.56 Å². The average Bonchev–Trinajstić information content (AvgIpc) is 2.19. The molecule has 0 unspecified atom stereocenters. The first kappa shape index (κ1) is 8.69. The van der Waals surface area contributed by atoms with E-state index < -0.39 is 0 Å². The van der Waals surface area contributed by atoms with Crippen molar-refractivity contribution >= 4 is 17.2 Å². The molecule has 0 aliphatic rings. The van der Waals surface area contributed by atoms with Crippen molar-refractivity contribution in [3.8, 4) is 0 Å². The van der Waals surface area contributed by atoms with Gasteiger partial charge in [0.1, 0.15) is 5.58 Å². The highest BCUT2D eigenvalue weighted by molar-refractivity contribution is 5.86. The standard InChI is InChI=1S/C11H9NO2/c1-12-7-9-6-8-4-2-3-5-10(8)14-11(9)13/h2-7H,1H3/b12-7-. The van der Waals surface area contributed by atoms with Crippen LogP contribution in [0.5, 0.6) is 0 Å². The Hall–Kier alpha value is -1.90. The second kappa shape index (κ2) is 3.46. The van der Waals surface area contributed by atoms with Crippen molar-refractivity contribution in [2.75, 3.05) is 7.05 Å². The number of hydrogen-bond acceptors (Lipinski definition) is 3. The average molecular weight is 187 g/mol. The van der Waals surface area contributed by atoms with E-state index in [1.165, 1.54) is 6.21 Å². The van der Waals surface area contributed by atoms with E-state index in [1.54, 1.807) is 19.2 Å². The van der Waals surface area contributed by atoms with Crippen molar-refractivity contribution in [3.63, 3.8) is 0 Å². The molecule has 1 aromatic heterocycles. The molecule has 14 heavy (non-hydrogen) atoms. The zero-order chi connectivity index (χ0) is 9.97. The molecule has 0 bridgehead atoms. The fraction of sp³-hybridized carbons (Fsp3) is 0.0909. The number of rotatable bonds is 1.